The van der Waals surface area contributed by atoms with Crippen LogP contribution in [0.2, 0.25) is 0 Å². The summed E-state index contributed by atoms with van der Waals surface area (Å²) < 4.78 is 26.5. The maximum atomic E-state index is 13.4. The van der Waals surface area contributed by atoms with Gasteiger partial charge in [-0.1, -0.05) is 12.5 Å². The molecule has 216 valence electrons. The molecule has 0 saturated heterocycles. The Balaban J connectivity index is 1.21. The van der Waals surface area contributed by atoms with E-state index in [2.05, 4.69) is 30.6 Å². The number of fused-ring (bicyclic) bond motifs is 1. The molecule has 11 nitrogen and oxygen atoms in total. The maximum Gasteiger partial charge on any atom is 0.246 e. The van der Waals surface area contributed by atoms with E-state index in [1.54, 1.807) is 25.6 Å². The predicted octanol–water partition coefficient (Wildman–Crippen LogP) is 3.97. The van der Waals surface area contributed by atoms with E-state index in [-0.39, 0.29) is 19.1 Å². The molecule has 3 N–H and O–H groups in total. The lowest BCUT2D eigenvalue weighted by Crippen LogP contribution is -2.42. The third kappa shape index (κ3) is 7.27. The van der Waals surface area contributed by atoms with Gasteiger partial charge < -0.3 is 25.2 Å². The van der Waals surface area contributed by atoms with Crippen LogP contribution in [0.3, 0.4) is 0 Å². The molecule has 1 amide bonds. The molecular weight excluding hydrogens is 529 g/mol. The molecule has 4 aromatic rings. The highest BCUT2D eigenvalue weighted by molar-refractivity contribution is 5.93. The fraction of sp³-hybridized carbons (Fsp3) is 0.379. The number of hydrogen-bond donors (Lipinski definition) is 3. The van der Waals surface area contributed by atoms with Crippen LogP contribution in [0.4, 0.5) is 21.6 Å². The normalized spacial score (nSPS) is 13.3. The lowest BCUT2D eigenvalue weighted by Gasteiger charge is -2.37. The number of nitrogens with one attached hydrogen (secondary N) is 2. The number of aliphatic hydroxyl groups excluding tert-OH is 1. The van der Waals surface area contributed by atoms with Crippen molar-refractivity contribution < 1.29 is 23.8 Å². The van der Waals surface area contributed by atoms with Crippen molar-refractivity contribution in [3.63, 3.8) is 0 Å². The zero-order valence-electron chi connectivity index (χ0n) is 22.9. The smallest absolute Gasteiger partial charge is 0.246 e. The standard InChI is InChI=1S/C29H34FN7O4/c1-40-26-14-24-25(15-27(26)41-12-4-9-36(10-11-38)23-7-3-8-23)31-19-32-29(24)35-22-16-33-37(17-22)18-28(39)34-21-6-2-5-20(30)13-21/h2,5-6,13-17,19,23,38H,3-4,7-12,18H2,1H3,(H,34,39)(H,31,32,35). The molecule has 0 aliphatic heterocycles. The van der Waals surface area contributed by atoms with Crippen LogP contribution in [-0.2, 0) is 11.3 Å². The summed E-state index contributed by atoms with van der Waals surface area (Å²) in [6.45, 7) is 2.20. The number of benzene rings is 2. The highest BCUT2D eigenvalue weighted by atomic mass is 19.1. The Bertz CT molecular complexity index is 1480. The van der Waals surface area contributed by atoms with Crippen molar-refractivity contribution in [3.05, 3.63) is 60.9 Å². The first-order chi connectivity index (χ1) is 20.0. The number of halogens is 1. The largest absolute Gasteiger partial charge is 0.493 e. The van der Waals surface area contributed by atoms with Gasteiger partial charge in [0.2, 0.25) is 5.91 Å². The summed E-state index contributed by atoms with van der Waals surface area (Å²) >= 11 is 0. The number of amides is 1. The van der Waals surface area contributed by atoms with Crippen molar-refractivity contribution in [3.8, 4) is 11.5 Å². The van der Waals surface area contributed by atoms with Gasteiger partial charge in [-0.05, 0) is 43.5 Å². The van der Waals surface area contributed by atoms with Crippen LogP contribution < -0.4 is 20.1 Å². The van der Waals surface area contributed by atoms with E-state index in [0.29, 0.717) is 53.4 Å². The molecule has 0 radical (unpaired) electrons. The summed E-state index contributed by atoms with van der Waals surface area (Å²) in [6, 6.07) is 9.94. The lowest BCUT2D eigenvalue weighted by atomic mass is 9.91. The summed E-state index contributed by atoms with van der Waals surface area (Å²) in [5, 5.41) is 20.2. The van der Waals surface area contributed by atoms with Crippen molar-refractivity contribution in [2.24, 2.45) is 0 Å². The molecule has 5 rings (SSSR count). The maximum absolute atomic E-state index is 13.4. The lowest BCUT2D eigenvalue weighted by molar-refractivity contribution is -0.116. The molecule has 0 bridgehead atoms. The molecule has 2 heterocycles. The van der Waals surface area contributed by atoms with E-state index in [1.165, 1.54) is 48.5 Å². The van der Waals surface area contributed by atoms with Crippen LogP contribution in [0.5, 0.6) is 11.5 Å². The van der Waals surface area contributed by atoms with Gasteiger partial charge in [0.05, 0.1) is 37.7 Å². The van der Waals surface area contributed by atoms with E-state index < -0.39 is 5.82 Å². The Morgan fingerprint density at radius 3 is 2.80 bits per heavy atom. The van der Waals surface area contributed by atoms with Crippen molar-refractivity contribution in [2.45, 2.75) is 38.3 Å². The molecule has 0 spiro atoms. The Labute approximate surface area is 237 Å². The van der Waals surface area contributed by atoms with Gasteiger partial charge in [-0.15, -0.1) is 0 Å². The quantitative estimate of drug-likeness (QED) is 0.195. The number of nitrogens with zero attached hydrogens (tertiary/aromatic N) is 5. The number of hydrogen-bond acceptors (Lipinski definition) is 9. The molecule has 1 fully saturated rings. The second kappa shape index (κ2) is 13.4. The second-order valence-corrected chi connectivity index (χ2v) is 9.90. The van der Waals surface area contributed by atoms with Crippen molar-refractivity contribution in [1.29, 1.82) is 0 Å². The Morgan fingerprint density at radius 1 is 1.17 bits per heavy atom. The second-order valence-electron chi connectivity index (χ2n) is 9.90. The average molecular weight is 564 g/mol. The first-order valence-electron chi connectivity index (χ1n) is 13.7. The predicted molar refractivity (Wildman–Crippen MR) is 153 cm³/mol. The Morgan fingerprint density at radius 2 is 2.05 bits per heavy atom. The minimum absolute atomic E-state index is 0.0460. The first-order valence-corrected chi connectivity index (χ1v) is 13.7. The third-order valence-electron chi connectivity index (χ3n) is 7.06. The summed E-state index contributed by atoms with van der Waals surface area (Å²) in [7, 11) is 1.59. The van der Waals surface area contributed by atoms with Crippen LogP contribution in [0.15, 0.2) is 55.1 Å². The SMILES string of the molecule is COc1cc2c(Nc3cnn(CC(=O)Nc4cccc(F)c4)c3)ncnc2cc1OCCCN(CCO)C1CCC1. The fourth-order valence-electron chi connectivity index (χ4n) is 4.81. The van der Waals surface area contributed by atoms with Crippen molar-refractivity contribution in [1.82, 2.24) is 24.6 Å². The molecule has 2 aromatic carbocycles. The molecule has 1 saturated carbocycles. The first kappa shape index (κ1) is 28.2. The van der Waals surface area contributed by atoms with E-state index in [0.717, 1.165) is 18.4 Å². The summed E-state index contributed by atoms with van der Waals surface area (Å²) in [5.41, 5.74) is 1.68. The molecule has 0 unspecified atom stereocenters. The zero-order valence-corrected chi connectivity index (χ0v) is 22.9. The number of carbonyl (C=O) groups is 1. The minimum atomic E-state index is -0.425. The summed E-state index contributed by atoms with van der Waals surface area (Å²) in [4.78, 5) is 23.5. The minimum Gasteiger partial charge on any atom is -0.493 e. The topological polar surface area (TPSA) is 127 Å². The van der Waals surface area contributed by atoms with Gasteiger partial charge in [0.25, 0.3) is 0 Å². The Kier molecular flexibility index (Phi) is 9.22. The van der Waals surface area contributed by atoms with Crippen LogP contribution in [0.1, 0.15) is 25.7 Å². The number of methoxy groups -OCH3 is 1. The molecular formula is C29H34FN7O4. The highest BCUT2D eigenvalue weighted by Crippen LogP contribution is 2.35. The van der Waals surface area contributed by atoms with Gasteiger partial charge in [-0.2, -0.15) is 5.10 Å². The fourth-order valence-corrected chi connectivity index (χ4v) is 4.81. The number of carbonyl (C=O) groups excluding carboxylic acids is 1. The molecule has 0 atom stereocenters. The average Bonchev–Trinajstić information content (AvgIpc) is 3.36. The third-order valence-corrected chi connectivity index (χ3v) is 7.06. The number of anilines is 3. The van der Waals surface area contributed by atoms with E-state index >= 15 is 0 Å². The van der Waals surface area contributed by atoms with E-state index in [1.807, 2.05) is 12.1 Å². The van der Waals surface area contributed by atoms with Crippen LogP contribution in [0.25, 0.3) is 10.9 Å². The van der Waals surface area contributed by atoms with Crippen LogP contribution >= 0.6 is 0 Å². The molecule has 2 aromatic heterocycles. The van der Waals surface area contributed by atoms with Gasteiger partial charge in [0.1, 0.15) is 24.5 Å². The highest BCUT2D eigenvalue weighted by Gasteiger charge is 2.24. The van der Waals surface area contributed by atoms with Gasteiger partial charge in [-0.25, -0.2) is 14.4 Å². The zero-order chi connectivity index (χ0) is 28.6. The Hall–Kier alpha value is -4.29. The summed E-state index contributed by atoms with van der Waals surface area (Å²) in [5.74, 6) is 0.943. The van der Waals surface area contributed by atoms with Gasteiger partial charge >= 0.3 is 0 Å². The number of rotatable bonds is 14. The number of ether oxygens (including phenoxy) is 2. The monoisotopic (exact) mass is 563 g/mol. The van der Waals surface area contributed by atoms with Crippen molar-refractivity contribution in [2.75, 3.05) is 44.0 Å². The molecule has 41 heavy (non-hydrogen) atoms. The van der Waals surface area contributed by atoms with E-state index in [9.17, 15) is 14.3 Å². The van der Waals surface area contributed by atoms with E-state index in [4.69, 9.17) is 9.47 Å². The van der Waals surface area contributed by atoms with Crippen LogP contribution in [0, 0.1) is 5.82 Å². The van der Waals surface area contributed by atoms with Crippen molar-refractivity contribution >= 4 is 34.0 Å². The molecule has 1 aliphatic rings. The summed E-state index contributed by atoms with van der Waals surface area (Å²) in [6.07, 6.45) is 9.21. The number of aliphatic hydroxyl groups is 1. The van der Waals surface area contributed by atoms with Gasteiger partial charge in [0, 0.05) is 42.5 Å². The van der Waals surface area contributed by atoms with Crippen LogP contribution in [-0.4, -0.2) is 75.1 Å². The van der Waals surface area contributed by atoms with Gasteiger partial charge in [0.15, 0.2) is 11.5 Å². The van der Waals surface area contributed by atoms with Gasteiger partial charge in [-0.3, -0.25) is 14.4 Å². The molecule has 1 aliphatic carbocycles. The number of aromatic nitrogens is 4. The molecule has 12 heteroatoms.